The van der Waals surface area contributed by atoms with E-state index in [-0.39, 0.29) is 5.60 Å². The van der Waals surface area contributed by atoms with Gasteiger partial charge < -0.3 is 5.11 Å². The van der Waals surface area contributed by atoms with Crippen LogP contribution in [0.15, 0.2) is 0 Å². The van der Waals surface area contributed by atoms with E-state index in [4.69, 9.17) is 0 Å². The van der Waals surface area contributed by atoms with Crippen molar-refractivity contribution in [3.8, 4) is 0 Å². The lowest BCUT2D eigenvalue weighted by molar-refractivity contribution is -0.138. The summed E-state index contributed by atoms with van der Waals surface area (Å²) in [5.41, 5.74) is 0.122. The first-order valence-corrected chi connectivity index (χ1v) is 13.8. The number of aromatic nitrogens is 4. The molecule has 5 nitrogen and oxygen atoms in total. The Morgan fingerprint density at radius 2 is 1.88 bits per heavy atom. The number of aliphatic hydroxyl groups is 1. The summed E-state index contributed by atoms with van der Waals surface area (Å²) in [5.74, 6) is 6.77. The zero-order valence-electron chi connectivity index (χ0n) is 21.0. The molecular formula is C27H46N4O. The highest BCUT2D eigenvalue weighted by Gasteiger charge is 2.56. The first-order valence-electron chi connectivity index (χ1n) is 13.8. The highest BCUT2D eigenvalue weighted by atomic mass is 16.3. The van der Waals surface area contributed by atoms with Gasteiger partial charge in [-0.1, -0.05) is 33.6 Å². The van der Waals surface area contributed by atoms with Crippen molar-refractivity contribution < 1.29 is 5.11 Å². The van der Waals surface area contributed by atoms with E-state index in [1.165, 1.54) is 51.4 Å². The lowest BCUT2D eigenvalue weighted by atomic mass is 9.44. The zero-order valence-corrected chi connectivity index (χ0v) is 21.0. The molecule has 0 radical (unpaired) electrons. The van der Waals surface area contributed by atoms with Crippen LogP contribution in [0.1, 0.15) is 104 Å². The van der Waals surface area contributed by atoms with Crippen molar-refractivity contribution in [1.29, 1.82) is 0 Å². The summed E-state index contributed by atoms with van der Waals surface area (Å²) in [6, 6.07) is 0. The minimum absolute atomic E-state index is 0.356. The summed E-state index contributed by atoms with van der Waals surface area (Å²) in [6.07, 6.45) is 15.4. The quantitative estimate of drug-likeness (QED) is 0.625. The van der Waals surface area contributed by atoms with E-state index in [2.05, 4.69) is 36.3 Å². The molecule has 1 N–H and O–H groups in total. The molecule has 4 aliphatic carbocycles. The van der Waals surface area contributed by atoms with Gasteiger partial charge in [0.2, 0.25) is 0 Å². The maximum atomic E-state index is 11.1. The molecule has 0 bridgehead atoms. The Labute approximate surface area is 195 Å². The van der Waals surface area contributed by atoms with E-state index < -0.39 is 0 Å². The summed E-state index contributed by atoms with van der Waals surface area (Å²) in [7, 11) is 0. The number of aryl methyl sites for hydroxylation is 1. The van der Waals surface area contributed by atoms with Crippen LogP contribution < -0.4 is 0 Å². The number of fused-ring (bicyclic) bond motifs is 5. The molecular weight excluding hydrogens is 396 g/mol. The maximum Gasteiger partial charge on any atom is 0.148 e. The third kappa shape index (κ3) is 3.84. The second-order valence-corrected chi connectivity index (χ2v) is 12.6. The van der Waals surface area contributed by atoms with Gasteiger partial charge in [-0.15, -0.1) is 5.10 Å². The lowest BCUT2D eigenvalue weighted by Crippen LogP contribution is -2.55. The molecule has 1 heterocycles. The largest absolute Gasteiger partial charge is 0.390 e. The lowest BCUT2D eigenvalue weighted by Gasteiger charge is -2.62. The van der Waals surface area contributed by atoms with Gasteiger partial charge in [0.05, 0.1) is 5.60 Å². The van der Waals surface area contributed by atoms with E-state index in [0.717, 1.165) is 73.6 Å². The van der Waals surface area contributed by atoms with Gasteiger partial charge >= 0.3 is 0 Å². The van der Waals surface area contributed by atoms with Gasteiger partial charge in [-0.05, 0) is 128 Å². The minimum atomic E-state index is -0.356. The molecule has 5 rings (SSSR count). The van der Waals surface area contributed by atoms with E-state index in [9.17, 15) is 5.11 Å². The second kappa shape index (κ2) is 8.67. The average molecular weight is 443 g/mol. The average Bonchev–Trinajstić information content (AvgIpc) is 3.16. The van der Waals surface area contributed by atoms with Crippen LogP contribution >= 0.6 is 0 Å². The van der Waals surface area contributed by atoms with E-state index in [1.54, 1.807) is 0 Å². The van der Waals surface area contributed by atoms with Crippen LogP contribution in [-0.4, -0.2) is 30.9 Å². The predicted octanol–water partition coefficient (Wildman–Crippen LogP) is 5.81. The molecule has 1 aromatic heterocycles. The van der Waals surface area contributed by atoms with Crippen LogP contribution in [0.25, 0.3) is 0 Å². The minimum Gasteiger partial charge on any atom is -0.390 e. The van der Waals surface area contributed by atoms with Gasteiger partial charge in [-0.3, -0.25) is 0 Å². The van der Waals surface area contributed by atoms with E-state index in [0.29, 0.717) is 11.3 Å². The summed E-state index contributed by atoms with van der Waals surface area (Å²) in [5, 5.41) is 23.4. The number of rotatable bonds is 5. The summed E-state index contributed by atoms with van der Waals surface area (Å²) in [6.45, 7) is 10.3. The smallest absolute Gasteiger partial charge is 0.148 e. The molecule has 1 aromatic rings. The highest BCUT2D eigenvalue weighted by molar-refractivity contribution is 5.06. The van der Waals surface area contributed by atoms with Crippen LogP contribution in [0, 0.1) is 53.8 Å². The highest BCUT2D eigenvalue weighted by Crippen LogP contribution is 2.64. The van der Waals surface area contributed by atoms with E-state index >= 15 is 0 Å². The van der Waals surface area contributed by atoms with Crippen LogP contribution in [0.3, 0.4) is 0 Å². The first-order chi connectivity index (χ1) is 15.3. The van der Waals surface area contributed by atoms with Crippen LogP contribution in [0.5, 0.6) is 0 Å². The molecule has 0 amide bonds. The fourth-order valence-corrected chi connectivity index (χ4v) is 9.65. The van der Waals surface area contributed by atoms with Crippen molar-refractivity contribution in [3.05, 3.63) is 5.82 Å². The zero-order chi connectivity index (χ0) is 22.5. The number of hydrogen-bond donors (Lipinski definition) is 1. The Hall–Kier alpha value is -0.970. The molecule has 4 aliphatic rings. The SMILES string of the molecule is CCC[C@@]1(O)CC[C@H]2[C@@H](CC[C@@H]3[C@@H]2CC[C@]2(C)[C@@H](C(C)Cn4nnnc4C)CCC[C@@H]32)C1. The van der Waals surface area contributed by atoms with Crippen molar-refractivity contribution >= 4 is 0 Å². The Kier molecular flexibility index (Phi) is 6.18. The summed E-state index contributed by atoms with van der Waals surface area (Å²) in [4.78, 5) is 0. The van der Waals surface area contributed by atoms with Crippen molar-refractivity contribution in [1.82, 2.24) is 20.2 Å². The molecule has 180 valence electrons. The molecule has 0 aliphatic heterocycles. The number of tetrazole rings is 1. The fraction of sp³-hybridized carbons (Fsp3) is 0.963. The fourth-order valence-electron chi connectivity index (χ4n) is 9.65. The monoisotopic (exact) mass is 442 g/mol. The summed E-state index contributed by atoms with van der Waals surface area (Å²) < 4.78 is 2.02. The third-order valence-corrected chi connectivity index (χ3v) is 11.0. The first kappa shape index (κ1) is 22.8. The molecule has 0 aromatic carbocycles. The molecule has 4 saturated carbocycles. The standard InChI is InChI=1S/C27H46N4O/c1-5-13-27(32)15-12-21-20(16-27)9-10-23-22(21)11-14-26(4)24(7-6-8-25(23)26)18(2)17-31-19(3)28-29-30-31/h18,20-25,32H,5-17H2,1-4H3/t18?,20-,21-,22+,23+,24+,25-,26+,27+/m0/s1. The van der Waals surface area contributed by atoms with Crippen molar-refractivity contribution in [2.24, 2.45) is 46.8 Å². The molecule has 0 saturated heterocycles. The maximum absolute atomic E-state index is 11.1. The number of hydrogen-bond acceptors (Lipinski definition) is 4. The predicted molar refractivity (Wildman–Crippen MR) is 127 cm³/mol. The molecule has 0 spiro atoms. The molecule has 9 atom stereocenters. The van der Waals surface area contributed by atoms with Gasteiger partial charge in [-0.25, -0.2) is 4.68 Å². The Bertz CT molecular complexity index is 794. The number of nitrogens with zero attached hydrogens (tertiary/aromatic N) is 4. The molecule has 32 heavy (non-hydrogen) atoms. The van der Waals surface area contributed by atoms with Gasteiger partial charge in [0, 0.05) is 6.54 Å². The topological polar surface area (TPSA) is 63.8 Å². The van der Waals surface area contributed by atoms with E-state index in [1.807, 2.05) is 11.6 Å². The molecule has 5 heteroatoms. The Balaban J connectivity index is 1.31. The van der Waals surface area contributed by atoms with Gasteiger partial charge in [0.1, 0.15) is 5.82 Å². The summed E-state index contributed by atoms with van der Waals surface area (Å²) >= 11 is 0. The van der Waals surface area contributed by atoms with Gasteiger partial charge in [-0.2, -0.15) is 0 Å². The third-order valence-electron chi connectivity index (χ3n) is 11.0. The second-order valence-electron chi connectivity index (χ2n) is 12.6. The Morgan fingerprint density at radius 1 is 1.06 bits per heavy atom. The van der Waals surface area contributed by atoms with Crippen LogP contribution in [-0.2, 0) is 6.54 Å². The normalized spacial score (nSPS) is 44.9. The van der Waals surface area contributed by atoms with Crippen LogP contribution in [0.4, 0.5) is 0 Å². The van der Waals surface area contributed by atoms with Gasteiger partial charge in [0.25, 0.3) is 0 Å². The Morgan fingerprint density at radius 3 is 2.62 bits per heavy atom. The van der Waals surface area contributed by atoms with Crippen molar-refractivity contribution in [3.63, 3.8) is 0 Å². The van der Waals surface area contributed by atoms with Gasteiger partial charge in [0.15, 0.2) is 0 Å². The van der Waals surface area contributed by atoms with Crippen molar-refractivity contribution in [2.75, 3.05) is 0 Å². The van der Waals surface area contributed by atoms with Crippen LogP contribution in [0.2, 0.25) is 0 Å². The van der Waals surface area contributed by atoms with Crippen molar-refractivity contribution in [2.45, 2.75) is 117 Å². The molecule has 4 fully saturated rings. The molecule has 1 unspecified atom stereocenters.